The van der Waals surface area contributed by atoms with Crippen LogP contribution in [0.2, 0.25) is 0 Å². The van der Waals surface area contributed by atoms with Gasteiger partial charge in [0.1, 0.15) is 0 Å². The number of unbranched alkanes of at least 4 members (excludes halogenated alkanes) is 5. The summed E-state index contributed by atoms with van der Waals surface area (Å²) in [5.74, 6) is 0. The maximum Gasteiger partial charge on any atom is -0.00773 e. The van der Waals surface area contributed by atoms with E-state index in [9.17, 15) is 0 Å². The molecule has 0 aromatic rings. The Morgan fingerprint density at radius 2 is 1.40 bits per heavy atom. The van der Waals surface area contributed by atoms with Crippen LogP contribution < -0.4 is 11.9 Å². The molecule has 0 aliphatic rings. The van der Waals surface area contributed by atoms with Gasteiger partial charge in [0.15, 0.2) is 0 Å². The van der Waals surface area contributed by atoms with Gasteiger partial charge in [-0.2, -0.15) is 0 Å². The number of nitrogens with two attached hydrogens (primary N) is 1. The van der Waals surface area contributed by atoms with E-state index in [0.717, 1.165) is 6.54 Å². The van der Waals surface area contributed by atoms with Crippen molar-refractivity contribution in [3.63, 3.8) is 0 Å². The minimum atomic E-state index is 0. The Hall–Kier alpha value is -0.0800. The Balaban J connectivity index is 0. The maximum atomic E-state index is 5.34. The van der Waals surface area contributed by atoms with E-state index in [4.69, 9.17) is 5.73 Å². The summed E-state index contributed by atoms with van der Waals surface area (Å²) in [6, 6.07) is 0. The van der Waals surface area contributed by atoms with Crippen molar-refractivity contribution in [2.24, 2.45) is 5.73 Å². The first-order chi connectivity index (χ1) is 4.41. The van der Waals surface area contributed by atoms with Crippen LogP contribution in [0.3, 0.4) is 0 Å². The normalized spacial score (nSPS) is 9.00. The first kappa shape index (κ1) is 12.6. The predicted octanol–water partition coefficient (Wildman–Crippen LogP) is 2.47. The molecule has 0 atom stereocenters. The van der Waals surface area contributed by atoms with Gasteiger partial charge in [-0.1, -0.05) is 39.0 Å². The van der Waals surface area contributed by atoms with Gasteiger partial charge in [-0.25, -0.2) is 0 Å². The summed E-state index contributed by atoms with van der Waals surface area (Å²) in [5.41, 5.74) is 5.34. The molecule has 0 aliphatic carbocycles. The third-order valence-corrected chi connectivity index (χ3v) is 1.56. The predicted molar refractivity (Wildman–Crippen MR) is 47.5 cm³/mol. The molecule has 0 aromatic heterocycles. The lowest BCUT2D eigenvalue weighted by atomic mass is 10.1. The molecule has 0 amide bonds. The highest BCUT2D eigenvalue weighted by Gasteiger charge is 1.85. The highest BCUT2D eigenvalue weighted by atomic mass is 14.5. The minimum Gasteiger partial charge on any atom is -0.344 e. The van der Waals surface area contributed by atoms with Gasteiger partial charge in [-0.05, 0) is 13.0 Å². The van der Waals surface area contributed by atoms with Crippen LogP contribution in [0.5, 0.6) is 0 Å². The standard InChI is InChI=1S/C8H19N.H3N/c1-2-3-4-5-6-7-8-9;/h2-9H2,1H3;1H3. The highest BCUT2D eigenvalue weighted by molar-refractivity contribution is 4.43. The summed E-state index contributed by atoms with van der Waals surface area (Å²) in [7, 11) is 0. The topological polar surface area (TPSA) is 61.0 Å². The van der Waals surface area contributed by atoms with E-state index in [1.165, 1.54) is 38.5 Å². The second-order valence-corrected chi connectivity index (χ2v) is 2.56. The van der Waals surface area contributed by atoms with E-state index in [1.54, 1.807) is 0 Å². The van der Waals surface area contributed by atoms with Crippen molar-refractivity contribution in [1.29, 1.82) is 0 Å². The quantitative estimate of drug-likeness (QED) is 0.565. The molecule has 0 spiro atoms. The average Bonchev–Trinajstić information content (AvgIpc) is 1.89. The molecule has 5 N–H and O–H groups in total. The number of hydrogen-bond acceptors (Lipinski definition) is 2. The second kappa shape index (κ2) is 11.7. The van der Waals surface area contributed by atoms with Crippen LogP contribution in [0, 0.1) is 0 Å². The van der Waals surface area contributed by atoms with Crippen molar-refractivity contribution < 1.29 is 0 Å². The van der Waals surface area contributed by atoms with Gasteiger partial charge in [0.05, 0.1) is 0 Å². The molecule has 0 rings (SSSR count). The fourth-order valence-electron chi connectivity index (χ4n) is 0.925. The summed E-state index contributed by atoms with van der Waals surface area (Å²) in [6.45, 7) is 3.11. The molecule has 0 saturated heterocycles. The maximum absolute atomic E-state index is 5.34. The molecule has 0 saturated carbocycles. The summed E-state index contributed by atoms with van der Waals surface area (Å²) >= 11 is 0. The summed E-state index contributed by atoms with van der Waals surface area (Å²) in [5, 5.41) is 0. The number of rotatable bonds is 6. The zero-order valence-corrected chi connectivity index (χ0v) is 7.23. The lowest BCUT2D eigenvalue weighted by molar-refractivity contribution is 0.612. The van der Waals surface area contributed by atoms with Gasteiger partial charge in [0, 0.05) is 0 Å². The molecule has 0 aliphatic heterocycles. The van der Waals surface area contributed by atoms with E-state index in [-0.39, 0.29) is 6.15 Å². The molecule has 2 nitrogen and oxygen atoms in total. The molecule has 0 unspecified atom stereocenters. The van der Waals surface area contributed by atoms with Crippen LogP contribution >= 0.6 is 0 Å². The molecule has 0 aromatic carbocycles. The zero-order chi connectivity index (χ0) is 6.95. The van der Waals surface area contributed by atoms with Crippen LogP contribution in [0.15, 0.2) is 0 Å². The van der Waals surface area contributed by atoms with Gasteiger partial charge < -0.3 is 11.9 Å². The highest BCUT2D eigenvalue weighted by Crippen LogP contribution is 2.03. The van der Waals surface area contributed by atoms with Gasteiger partial charge >= 0.3 is 0 Å². The van der Waals surface area contributed by atoms with Crippen molar-refractivity contribution in [2.75, 3.05) is 6.54 Å². The average molecular weight is 146 g/mol. The van der Waals surface area contributed by atoms with Crippen molar-refractivity contribution >= 4 is 0 Å². The fraction of sp³-hybridized carbons (Fsp3) is 1.00. The fourth-order valence-corrected chi connectivity index (χ4v) is 0.925. The van der Waals surface area contributed by atoms with E-state index in [1.807, 2.05) is 0 Å². The van der Waals surface area contributed by atoms with Crippen molar-refractivity contribution in [1.82, 2.24) is 6.15 Å². The molecular formula is C8H22N2. The Kier molecular flexibility index (Phi) is 14.7. The minimum absolute atomic E-state index is 0. The first-order valence-corrected chi connectivity index (χ1v) is 4.12. The Morgan fingerprint density at radius 1 is 0.900 bits per heavy atom. The monoisotopic (exact) mass is 146 g/mol. The Bertz CT molecular complexity index is 40.5. The summed E-state index contributed by atoms with van der Waals surface area (Å²) in [6.07, 6.45) is 8.05. The lowest BCUT2D eigenvalue weighted by Gasteiger charge is -1.96. The summed E-state index contributed by atoms with van der Waals surface area (Å²) < 4.78 is 0. The van der Waals surface area contributed by atoms with Crippen LogP contribution in [-0.2, 0) is 0 Å². The first-order valence-electron chi connectivity index (χ1n) is 4.12. The molecule has 2 heteroatoms. The van der Waals surface area contributed by atoms with Crippen LogP contribution in [0.1, 0.15) is 45.4 Å². The van der Waals surface area contributed by atoms with Gasteiger partial charge in [-0.3, -0.25) is 0 Å². The van der Waals surface area contributed by atoms with Gasteiger partial charge in [0.2, 0.25) is 0 Å². The third-order valence-electron chi connectivity index (χ3n) is 1.56. The molecule has 0 heterocycles. The zero-order valence-electron chi connectivity index (χ0n) is 7.23. The molecule has 64 valence electrons. The van der Waals surface area contributed by atoms with Crippen molar-refractivity contribution in [2.45, 2.75) is 45.4 Å². The number of hydrogen-bond donors (Lipinski definition) is 2. The molecular weight excluding hydrogens is 124 g/mol. The molecule has 0 fully saturated rings. The van der Waals surface area contributed by atoms with E-state index in [0.29, 0.717) is 0 Å². The van der Waals surface area contributed by atoms with E-state index < -0.39 is 0 Å². The largest absolute Gasteiger partial charge is 0.344 e. The Morgan fingerprint density at radius 3 is 1.90 bits per heavy atom. The Labute approximate surface area is 64.8 Å². The van der Waals surface area contributed by atoms with Gasteiger partial charge in [0.25, 0.3) is 0 Å². The molecule has 0 radical (unpaired) electrons. The second-order valence-electron chi connectivity index (χ2n) is 2.56. The SMILES string of the molecule is CCCCCCCCN.N. The molecule has 10 heavy (non-hydrogen) atoms. The van der Waals surface area contributed by atoms with Gasteiger partial charge in [-0.15, -0.1) is 0 Å². The van der Waals surface area contributed by atoms with E-state index >= 15 is 0 Å². The molecule has 0 bridgehead atoms. The smallest absolute Gasteiger partial charge is 0.00773 e. The third kappa shape index (κ3) is 10.8. The summed E-state index contributed by atoms with van der Waals surface area (Å²) in [4.78, 5) is 0. The lowest BCUT2D eigenvalue weighted by Crippen LogP contribution is -1.97. The van der Waals surface area contributed by atoms with Crippen LogP contribution in [-0.4, -0.2) is 6.54 Å². The van der Waals surface area contributed by atoms with Crippen LogP contribution in [0.25, 0.3) is 0 Å². The van der Waals surface area contributed by atoms with Crippen molar-refractivity contribution in [3.8, 4) is 0 Å². The van der Waals surface area contributed by atoms with Crippen LogP contribution in [0.4, 0.5) is 0 Å². The van der Waals surface area contributed by atoms with Crippen molar-refractivity contribution in [3.05, 3.63) is 0 Å². The van der Waals surface area contributed by atoms with E-state index in [2.05, 4.69) is 6.92 Å².